The summed E-state index contributed by atoms with van der Waals surface area (Å²) in [5, 5.41) is 0.555. The molecule has 2 aromatic rings. The second-order valence-electron chi connectivity index (χ2n) is 5.90. The molecule has 0 spiro atoms. The maximum atomic E-state index is 12.7. The molecule has 134 valence electrons. The number of aromatic nitrogens is 1. The van der Waals surface area contributed by atoms with Gasteiger partial charge in [-0.2, -0.15) is 0 Å². The minimum Gasteiger partial charge on any atom is -0.462 e. The van der Waals surface area contributed by atoms with Crippen LogP contribution in [0.2, 0.25) is 0 Å². The number of nitrogens with zero attached hydrogens (tertiary/aromatic N) is 2. The molecule has 25 heavy (non-hydrogen) atoms. The van der Waals surface area contributed by atoms with E-state index in [4.69, 9.17) is 9.47 Å². The minimum absolute atomic E-state index is 0.0957. The number of carbonyl (C=O) groups is 1. The lowest BCUT2D eigenvalue weighted by molar-refractivity contribution is 0.0365. The molecule has 3 rings (SSSR count). The van der Waals surface area contributed by atoms with Gasteiger partial charge in [-0.05, 0) is 47.7 Å². The third-order valence-corrected chi connectivity index (χ3v) is 4.97. The van der Waals surface area contributed by atoms with Gasteiger partial charge in [0.2, 0.25) is 5.43 Å². The number of rotatable bonds is 5. The van der Waals surface area contributed by atoms with E-state index in [-0.39, 0.29) is 17.6 Å². The molecule has 1 aromatic carbocycles. The van der Waals surface area contributed by atoms with Crippen LogP contribution in [0, 0.1) is 3.57 Å². The van der Waals surface area contributed by atoms with Crippen LogP contribution in [-0.2, 0) is 16.0 Å². The van der Waals surface area contributed by atoms with E-state index in [0.717, 1.165) is 41.9 Å². The van der Waals surface area contributed by atoms with E-state index in [1.165, 1.54) is 0 Å². The number of hydrogen-bond donors (Lipinski definition) is 0. The van der Waals surface area contributed by atoms with E-state index >= 15 is 0 Å². The van der Waals surface area contributed by atoms with Crippen molar-refractivity contribution in [1.29, 1.82) is 0 Å². The number of fused-ring (bicyclic) bond motifs is 1. The van der Waals surface area contributed by atoms with Crippen molar-refractivity contribution < 1.29 is 14.3 Å². The first-order valence-electron chi connectivity index (χ1n) is 8.40. The van der Waals surface area contributed by atoms with Gasteiger partial charge in [-0.3, -0.25) is 9.69 Å². The summed E-state index contributed by atoms with van der Waals surface area (Å²) in [5.41, 5.74) is 0.666. The summed E-state index contributed by atoms with van der Waals surface area (Å²) in [7, 11) is 0. The van der Waals surface area contributed by atoms with Crippen molar-refractivity contribution in [2.24, 2.45) is 0 Å². The standard InChI is InChI=1S/C18H21IN2O4/c1-2-25-18(23)15-12-21(6-5-20-7-9-24-10-8-20)16-4-3-13(19)11-14(16)17(15)22/h3-4,11-12H,2,5-10H2,1H3. The zero-order chi connectivity index (χ0) is 17.8. The Kier molecular flexibility index (Phi) is 6.08. The number of hydrogen-bond acceptors (Lipinski definition) is 5. The molecule has 2 heterocycles. The lowest BCUT2D eigenvalue weighted by Gasteiger charge is -2.27. The lowest BCUT2D eigenvalue weighted by Crippen LogP contribution is -2.38. The first-order chi connectivity index (χ1) is 12.1. The van der Waals surface area contributed by atoms with Crippen LogP contribution >= 0.6 is 22.6 Å². The largest absolute Gasteiger partial charge is 0.462 e. The van der Waals surface area contributed by atoms with Crippen LogP contribution < -0.4 is 5.43 Å². The average molecular weight is 456 g/mol. The number of morpholine rings is 1. The number of ether oxygens (including phenoxy) is 2. The van der Waals surface area contributed by atoms with Gasteiger partial charge in [0.05, 0.1) is 25.3 Å². The van der Waals surface area contributed by atoms with Gasteiger partial charge in [-0.25, -0.2) is 4.79 Å². The molecular formula is C18H21IN2O4. The van der Waals surface area contributed by atoms with Crippen molar-refractivity contribution in [3.8, 4) is 0 Å². The van der Waals surface area contributed by atoms with Crippen LogP contribution in [0.5, 0.6) is 0 Å². The predicted octanol–water partition coefficient (Wildman–Crippen LogP) is 2.12. The summed E-state index contributed by atoms with van der Waals surface area (Å²) in [5.74, 6) is -0.562. The molecule has 0 saturated carbocycles. The van der Waals surface area contributed by atoms with Crippen LogP contribution in [0.4, 0.5) is 0 Å². The lowest BCUT2D eigenvalue weighted by atomic mass is 10.1. The van der Waals surface area contributed by atoms with Crippen molar-refractivity contribution in [1.82, 2.24) is 9.47 Å². The molecule has 0 amide bonds. The summed E-state index contributed by atoms with van der Waals surface area (Å²) in [4.78, 5) is 27.2. The van der Waals surface area contributed by atoms with Crippen molar-refractivity contribution in [2.75, 3.05) is 39.5 Å². The van der Waals surface area contributed by atoms with Crippen LogP contribution in [0.15, 0.2) is 29.2 Å². The molecular weight excluding hydrogens is 435 g/mol. The molecule has 0 radical (unpaired) electrons. The van der Waals surface area contributed by atoms with Crippen LogP contribution in [-0.4, -0.2) is 54.9 Å². The quantitative estimate of drug-likeness (QED) is 0.510. The second-order valence-corrected chi connectivity index (χ2v) is 7.15. The smallest absolute Gasteiger partial charge is 0.343 e. The fraction of sp³-hybridized carbons (Fsp3) is 0.444. The molecule has 1 saturated heterocycles. The summed E-state index contributed by atoms with van der Waals surface area (Å²) < 4.78 is 13.4. The van der Waals surface area contributed by atoms with E-state index in [9.17, 15) is 9.59 Å². The van der Waals surface area contributed by atoms with Crippen LogP contribution in [0.1, 0.15) is 17.3 Å². The summed E-state index contributed by atoms with van der Waals surface area (Å²) in [6.07, 6.45) is 1.63. The highest BCUT2D eigenvalue weighted by atomic mass is 127. The third kappa shape index (κ3) is 4.21. The van der Waals surface area contributed by atoms with Gasteiger partial charge in [0.25, 0.3) is 0 Å². The molecule has 0 aliphatic carbocycles. The van der Waals surface area contributed by atoms with Crippen molar-refractivity contribution in [2.45, 2.75) is 13.5 Å². The predicted molar refractivity (Wildman–Crippen MR) is 104 cm³/mol. The number of esters is 1. The maximum Gasteiger partial charge on any atom is 0.343 e. The van der Waals surface area contributed by atoms with Gasteiger partial charge in [0.1, 0.15) is 5.56 Å². The first-order valence-corrected chi connectivity index (χ1v) is 9.48. The molecule has 0 bridgehead atoms. The van der Waals surface area contributed by atoms with Gasteiger partial charge in [-0.15, -0.1) is 0 Å². The number of carbonyl (C=O) groups excluding carboxylic acids is 1. The fourth-order valence-electron chi connectivity index (χ4n) is 2.98. The highest BCUT2D eigenvalue weighted by molar-refractivity contribution is 14.1. The van der Waals surface area contributed by atoms with Gasteiger partial charge in [0.15, 0.2) is 0 Å². The SMILES string of the molecule is CCOC(=O)c1cn(CCN2CCOCC2)c2ccc(I)cc2c1=O. The Hall–Kier alpha value is -1.45. The second kappa shape index (κ2) is 8.29. The van der Waals surface area contributed by atoms with Gasteiger partial charge in [-0.1, -0.05) is 0 Å². The Morgan fingerprint density at radius 3 is 2.76 bits per heavy atom. The average Bonchev–Trinajstić information content (AvgIpc) is 2.62. The monoisotopic (exact) mass is 456 g/mol. The molecule has 1 aromatic heterocycles. The van der Waals surface area contributed by atoms with E-state index < -0.39 is 5.97 Å². The molecule has 0 unspecified atom stereocenters. The zero-order valence-corrected chi connectivity index (χ0v) is 16.3. The first kappa shape index (κ1) is 18.3. The Labute approximate surface area is 159 Å². The topological polar surface area (TPSA) is 60.8 Å². The number of pyridine rings is 1. The zero-order valence-electron chi connectivity index (χ0n) is 14.2. The molecule has 1 aliphatic rings. The highest BCUT2D eigenvalue weighted by Gasteiger charge is 2.17. The Balaban J connectivity index is 1.98. The van der Waals surface area contributed by atoms with E-state index in [2.05, 4.69) is 27.5 Å². The van der Waals surface area contributed by atoms with Gasteiger partial charge < -0.3 is 14.0 Å². The molecule has 6 nitrogen and oxygen atoms in total. The van der Waals surface area contributed by atoms with E-state index in [0.29, 0.717) is 11.9 Å². The number of halogens is 1. The minimum atomic E-state index is -0.562. The van der Waals surface area contributed by atoms with Crippen LogP contribution in [0.25, 0.3) is 10.9 Å². The summed E-state index contributed by atoms with van der Waals surface area (Å²) >= 11 is 2.17. The van der Waals surface area contributed by atoms with Gasteiger partial charge in [0, 0.05) is 41.3 Å². The Morgan fingerprint density at radius 1 is 1.28 bits per heavy atom. The molecule has 1 aliphatic heterocycles. The highest BCUT2D eigenvalue weighted by Crippen LogP contribution is 2.16. The van der Waals surface area contributed by atoms with Crippen molar-refractivity contribution in [3.05, 3.63) is 43.8 Å². The molecule has 0 N–H and O–H groups in total. The van der Waals surface area contributed by atoms with Crippen molar-refractivity contribution >= 4 is 39.5 Å². The van der Waals surface area contributed by atoms with Crippen molar-refractivity contribution in [3.63, 3.8) is 0 Å². The van der Waals surface area contributed by atoms with Crippen LogP contribution in [0.3, 0.4) is 0 Å². The van der Waals surface area contributed by atoms with E-state index in [1.54, 1.807) is 13.1 Å². The van der Waals surface area contributed by atoms with Gasteiger partial charge >= 0.3 is 5.97 Å². The molecule has 7 heteroatoms. The third-order valence-electron chi connectivity index (χ3n) is 4.30. The molecule has 0 atom stereocenters. The Morgan fingerprint density at radius 2 is 2.04 bits per heavy atom. The Bertz CT molecular complexity index is 828. The summed E-state index contributed by atoms with van der Waals surface area (Å²) in [6, 6.07) is 5.73. The normalized spacial score (nSPS) is 15.4. The fourth-order valence-corrected chi connectivity index (χ4v) is 3.47. The summed E-state index contributed by atoms with van der Waals surface area (Å²) in [6.45, 7) is 6.82. The van der Waals surface area contributed by atoms with E-state index in [1.807, 2.05) is 22.8 Å². The number of benzene rings is 1. The molecule has 1 fully saturated rings. The maximum absolute atomic E-state index is 12.7.